The van der Waals surface area contributed by atoms with Crippen LogP contribution in [0.4, 0.5) is 4.79 Å². The first-order valence-corrected chi connectivity index (χ1v) is 11.9. The second-order valence-electron chi connectivity index (χ2n) is 9.13. The van der Waals surface area contributed by atoms with Crippen molar-refractivity contribution in [3.8, 4) is 0 Å². The highest BCUT2D eigenvalue weighted by Crippen LogP contribution is 2.18. The molecule has 2 rings (SSSR count). The molecule has 0 bridgehead atoms. The monoisotopic (exact) mass is 466 g/mol. The smallest absolute Gasteiger partial charge is 0.407 e. The maximum absolute atomic E-state index is 12.0. The van der Waals surface area contributed by atoms with E-state index in [9.17, 15) is 9.59 Å². The second-order valence-corrected chi connectivity index (χ2v) is 9.13. The molecular formula is C28H38N2O4. The summed E-state index contributed by atoms with van der Waals surface area (Å²) in [5.74, 6) is -0.348. The van der Waals surface area contributed by atoms with Crippen LogP contribution in [0.1, 0.15) is 51.7 Å². The molecule has 2 aromatic carbocycles. The predicted molar refractivity (Wildman–Crippen MR) is 135 cm³/mol. The number of ether oxygens (including phenoxy) is 2. The predicted octanol–water partition coefficient (Wildman–Crippen LogP) is 5.48. The number of carbonyl (C=O) groups excluding carboxylic acids is 2. The zero-order chi connectivity index (χ0) is 24.8. The summed E-state index contributed by atoms with van der Waals surface area (Å²) >= 11 is 0. The Bertz CT molecular complexity index is 850. The molecule has 2 aromatic rings. The van der Waals surface area contributed by atoms with Crippen LogP contribution in [0.3, 0.4) is 0 Å². The van der Waals surface area contributed by atoms with E-state index in [4.69, 9.17) is 9.47 Å². The van der Waals surface area contributed by atoms with E-state index in [0.717, 1.165) is 25.9 Å². The van der Waals surface area contributed by atoms with Crippen LogP contribution >= 0.6 is 0 Å². The van der Waals surface area contributed by atoms with Crippen LogP contribution in [0.25, 0.3) is 0 Å². The first kappa shape index (κ1) is 27.1. The highest BCUT2D eigenvalue weighted by atomic mass is 16.6. The van der Waals surface area contributed by atoms with Crippen molar-refractivity contribution in [3.63, 3.8) is 0 Å². The maximum Gasteiger partial charge on any atom is 0.407 e. The Morgan fingerprint density at radius 2 is 1.53 bits per heavy atom. The van der Waals surface area contributed by atoms with Gasteiger partial charge in [-0.1, -0.05) is 66.7 Å². The molecule has 0 fully saturated rings. The number of nitrogens with one attached hydrogen (secondary N) is 1. The summed E-state index contributed by atoms with van der Waals surface area (Å²) in [6.07, 6.45) is 4.50. The normalized spacial score (nSPS) is 12.5. The lowest BCUT2D eigenvalue weighted by Crippen LogP contribution is -2.35. The molecule has 0 saturated heterocycles. The zero-order valence-corrected chi connectivity index (χ0v) is 20.8. The molecule has 0 aliphatic heterocycles. The maximum atomic E-state index is 12.0. The molecule has 6 nitrogen and oxygen atoms in total. The van der Waals surface area contributed by atoms with Crippen LogP contribution in [0.15, 0.2) is 72.8 Å². The van der Waals surface area contributed by atoms with Crippen molar-refractivity contribution in [1.29, 1.82) is 0 Å². The van der Waals surface area contributed by atoms with Gasteiger partial charge < -0.3 is 14.8 Å². The molecule has 0 aliphatic rings. The minimum absolute atomic E-state index is 0.0229. The fourth-order valence-corrected chi connectivity index (χ4v) is 3.52. The molecule has 1 amide bonds. The van der Waals surface area contributed by atoms with Crippen molar-refractivity contribution in [2.75, 3.05) is 13.2 Å². The van der Waals surface area contributed by atoms with Gasteiger partial charge in [-0.25, -0.2) is 9.59 Å². The third kappa shape index (κ3) is 11.1. The van der Waals surface area contributed by atoms with E-state index in [1.165, 1.54) is 17.2 Å². The Hall–Kier alpha value is -3.12. The number of hydrogen-bond acceptors (Lipinski definition) is 5. The van der Waals surface area contributed by atoms with Gasteiger partial charge in [0.15, 0.2) is 0 Å². The van der Waals surface area contributed by atoms with Crippen molar-refractivity contribution in [1.82, 2.24) is 10.2 Å². The van der Waals surface area contributed by atoms with Crippen molar-refractivity contribution < 1.29 is 19.1 Å². The molecule has 1 atom stereocenters. The number of alkyl carbamates (subject to hydrolysis) is 1. The number of benzene rings is 2. The number of carbonyl (C=O) groups is 2. The van der Waals surface area contributed by atoms with E-state index in [1.54, 1.807) is 6.92 Å². The number of hydrogen-bond donors (Lipinski definition) is 1. The molecule has 6 heteroatoms. The minimum atomic E-state index is -0.531. The van der Waals surface area contributed by atoms with E-state index in [1.807, 2.05) is 63.2 Å². The molecule has 0 heterocycles. The van der Waals surface area contributed by atoms with Gasteiger partial charge in [-0.15, -0.1) is 0 Å². The largest absolute Gasteiger partial charge is 0.463 e. The Labute approximate surface area is 203 Å². The quantitative estimate of drug-likeness (QED) is 0.255. The average Bonchev–Trinajstić information content (AvgIpc) is 2.78. The van der Waals surface area contributed by atoms with Crippen LogP contribution < -0.4 is 5.32 Å². The topological polar surface area (TPSA) is 67.9 Å². The first-order chi connectivity index (χ1) is 16.3. The molecule has 0 aromatic heterocycles. The van der Waals surface area contributed by atoms with E-state index in [2.05, 4.69) is 34.5 Å². The first-order valence-electron chi connectivity index (χ1n) is 11.9. The van der Waals surface area contributed by atoms with Gasteiger partial charge in [0.2, 0.25) is 0 Å². The molecule has 0 aliphatic carbocycles. The molecule has 34 heavy (non-hydrogen) atoms. The lowest BCUT2D eigenvalue weighted by molar-refractivity contribution is -0.137. The zero-order valence-electron chi connectivity index (χ0n) is 20.8. The van der Waals surface area contributed by atoms with E-state index in [-0.39, 0.29) is 12.0 Å². The summed E-state index contributed by atoms with van der Waals surface area (Å²) in [5, 5.41) is 2.82. The summed E-state index contributed by atoms with van der Waals surface area (Å²) in [5.41, 5.74) is 1.86. The van der Waals surface area contributed by atoms with E-state index >= 15 is 0 Å². The van der Waals surface area contributed by atoms with Gasteiger partial charge in [-0.05, 0) is 51.7 Å². The van der Waals surface area contributed by atoms with Crippen molar-refractivity contribution in [3.05, 3.63) is 83.9 Å². The second kappa shape index (κ2) is 14.2. The fraction of sp³-hybridized carbons (Fsp3) is 0.429. The van der Waals surface area contributed by atoms with Gasteiger partial charge in [-0.2, -0.15) is 0 Å². The summed E-state index contributed by atoms with van der Waals surface area (Å²) in [7, 11) is 0. The highest BCUT2D eigenvalue weighted by Gasteiger charge is 2.19. The summed E-state index contributed by atoms with van der Waals surface area (Å²) < 4.78 is 10.4. The van der Waals surface area contributed by atoms with E-state index < -0.39 is 11.7 Å². The SMILES string of the molecule is CCOC(=O)/C=C/[C@H](CCCNC(=O)OC(C)(C)C)N(Cc1ccccc1)Cc1ccccc1. The van der Waals surface area contributed by atoms with Crippen LogP contribution in [0.5, 0.6) is 0 Å². The highest BCUT2D eigenvalue weighted by molar-refractivity contribution is 5.82. The van der Waals surface area contributed by atoms with Crippen molar-refractivity contribution in [2.45, 2.75) is 65.3 Å². The molecule has 0 saturated carbocycles. The van der Waals surface area contributed by atoms with Crippen LogP contribution in [0, 0.1) is 0 Å². The fourth-order valence-electron chi connectivity index (χ4n) is 3.52. The molecular weight excluding hydrogens is 428 g/mol. The van der Waals surface area contributed by atoms with Gasteiger partial charge in [0.25, 0.3) is 0 Å². The lowest BCUT2D eigenvalue weighted by atomic mass is 10.1. The van der Waals surface area contributed by atoms with Gasteiger partial charge in [0, 0.05) is 31.8 Å². The summed E-state index contributed by atoms with van der Waals surface area (Å²) in [6.45, 7) is 9.60. The van der Waals surface area contributed by atoms with Gasteiger partial charge >= 0.3 is 12.1 Å². The van der Waals surface area contributed by atoms with Gasteiger partial charge in [0.1, 0.15) is 5.60 Å². The van der Waals surface area contributed by atoms with Crippen molar-refractivity contribution >= 4 is 12.1 Å². The number of esters is 1. The number of nitrogens with zero attached hydrogens (tertiary/aromatic N) is 1. The van der Waals surface area contributed by atoms with Crippen LogP contribution in [-0.4, -0.2) is 41.8 Å². The number of rotatable bonds is 12. The molecule has 0 unspecified atom stereocenters. The third-order valence-corrected chi connectivity index (χ3v) is 5.01. The average molecular weight is 467 g/mol. The van der Waals surface area contributed by atoms with Crippen LogP contribution in [-0.2, 0) is 27.4 Å². The minimum Gasteiger partial charge on any atom is -0.463 e. The standard InChI is InChI=1S/C28H38N2O4/c1-5-33-26(31)19-18-25(17-12-20-29-27(32)34-28(2,3)4)30(21-23-13-8-6-9-14-23)22-24-15-10-7-11-16-24/h6-11,13-16,18-19,25H,5,12,17,20-22H2,1-4H3,(H,29,32)/b19-18+/t25-/m0/s1. The molecule has 1 N–H and O–H groups in total. The number of amides is 1. The van der Waals surface area contributed by atoms with Gasteiger partial charge in [-0.3, -0.25) is 4.90 Å². The van der Waals surface area contributed by atoms with Crippen LogP contribution in [0.2, 0.25) is 0 Å². The van der Waals surface area contributed by atoms with Crippen molar-refractivity contribution in [2.24, 2.45) is 0 Å². The Kier molecular flexibility index (Phi) is 11.3. The Balaban J connectivity index is 2.14. The third-order valence-electron chi connectivity index (χ3n) is 5.01. The molecule has 184 valence electrons. The Morgan fingerprint density at radius 1 is 0.971 bits per heavy atom. The van der Waals surface area contributed by atoms with Gasteiger partial charge in [0.05, 0.1) is 6.61 Å². The Morgan fingerprint density at radius 3 is 2.03 bits per heavy atom. The molecule has 0 spiro atoms. The lowest BCUT2D eigenvalue weighted by Gasteiger charge is -2.30. The van der Waals surface area contributed by atoms with E-state index in [0.29, 0.717) is 13.2 Å². The summed E-state index contributed by atoms with van der Waals surface area (Å²) in [4.78, 5) is 26.4. The summed E-state index contributed by atoms with van der Waals surface area (Å²) in [6, 6.07) is 20.5. The molecule has 0 radical (unpaired) electrons.